The van der Waals surface area contributed by atoms with Crippen LogP contribution >= 0.6 is 11.3 Å². The maximum Gasteiger partial charge on any atom is 0.275 e. The lowest BCUT2D eigenvalue weighted by molar-refractivity contribution is 0.203. The molecular weight excluding hydrogens is 338 g/mol. The Morgan fingerprint density at radius 2 is 2.00 bits per heavy atom. The van der Waals surface area contributed by atoms with E-state index in [2.05, 4.69) is 9.97 Å². The van der Waals surface area contributed by atoms with Gasteiger partial charge in [0.2, 0.25) is 0 Å². The molecular formula is C18H15N3O3S. The van der Waals surface area contributed by atoms with E-state index in [1.165, 1.54) is 22.2 Å². The molecule has 0 atom stereocenters. The molecule has 0 bridgehead atoms. The molecule has 0 amide bonds. The van der Waals surface area contributed by atoms with E-state index in [0.717, 1.165) is 11.3 Å². The highest BCUT2D eigenvalue weighted by Gasteiger charge is 2.16. The molecule has 7 heteroatoms. The van der Waals surface area contributed by atoms with Gasteiger partial charge >= 0.3 is 0 Å². The molecule has 0 unspecified atom stereocenters. The van der Waals surface area contributed by atoms with E-state index in [4.69, 9.17) is 9.84 Å². The summed E-state index contributed by atoms with van der Waals surface area (Å²) in [6, 6.07) is 9.42. The average Bonchev–Trinajstić information content (AvgIpc) is 3.01. The van der Waals surface area contributed by atoms with Crippen molar-refractivity contribution >= 4 is 31.8 Å². The van der Waals surface area contributed by atoms with Crippen LogP contribution in [0.2, 0.25) is 0 Å². The average molecular weight is 353 g/mol. The third kappa shape index (κ3) is 2.67. The molecule has 25 heavy (non-hydrogen) atoms. The lowest BCUT2D eigenvalue weighted by Gasteiger charge is -2.06. The number of rotatable bonds is 4. The van der Waals surface area contributed by atoms with Crippen LogP contribution in [0.1, 0.15) is 5.56 Å². The zero-order valence-electron chi connectivity index (χ0n) is 13.5. The van der Waals surface area contributed by atoms with Crippen molar-refractivity contribution in [3.63, 3.8) is 0 Å². The summed E-state index contributed by atoms with van der Waals surface area (Å²) in [5.41, 5.74) is 2.34. The Hall–Kier alpha value is -2.77. The maximum absolute atomic E-state index is 12.9. The standard InChI is InChI=1S/C18H15N3O3S/c1-11-2-4-12(5-3-11)21-10-20-15-14-13(24-9-8-22)6-7-19-17(14)25-16(15)18(21)23/h2-7,10,22H,8-9H2,1H3. The molecule has 0 aliphatic heterocycles. The summed E-state index contributed by atoms with van der Waals surface area (Å²) in [6.07, 6.45) is 3.16. The molecule has 4 rings (SSSR count). The van der Waals surface area contributed by atoms with Crippen LogP contribution in [0.5, 0.6) is 5.75 Å². The molecule has 4 aromatic rings. The van der Waals surface area contributed by atoms with E-state index >= 15 is 0 Å². The largest absolute Gasteiger partial charge is 0.490 e. The summed E-state index contributed by atoms with van der Waals surface area (Å²) in [6.45, 7) is 2.09. The van der Waals surface area contributed by atoms with Gasteiger partial charge in [-0.05, 0) is 25.1 Å². The zero-order valence-corrected chi connectivity index (χ0v) is 14.3. The topological polar surface area (TPSA) is 77.2 Å². The highest BCUT2D eigenvalue weighted by atomic mass is 32.1. The van der Waals surface area contributed by atoms with Gasteiger partial charge in [-0.3, -0.25) is 9.36 Å². The first-order valence-corrected chi connectivity index (χ1v) is 8.60. The summed E-state index contributed by atoms with van der Waals surface area (Å²) in [5.74, 6) is 0.574. The predicted octanol–water partition coefficient (Wildman–Crippen LogP) is 2.67. The highest BCUT2D eigenvalue weighted by Crippen LogP contribution is 2.35. The lowest BCUT2D eigenvalue weighted by Crippen LogP contribution is -2.17. The Kier molecular flexibility index (Phi) is 3.95. The van der Waals surface area contributed by atoms with Crippen molar-refractivity contribution in [2.75, 3.05) is 13.2 Å². The highest BCUT2D eigenvalue weighted by molar-refractivity contribution is 7.25. The van der Waals surface area contributed by atoms with Gasteiger partial charge in [0, 0.05) is 6.20 Å². The first kappa shape index (κ1) is 15.7. The Morgan fingerprint density at radius 1 is 1.20 bits per heavy atom. The number of aliphatic hydroxyl groups is 1. The minimum absolute atomic E-state index is 0.0838. The molecule has 6 nitrogen and oxygen atoms in total. The van der Waals surface area contributed by atoms with Crippen LogP contribution in [-0.4, -0.2) is 32.9 Å². The van der Waals surface area contributed by atoms with E-state index in [1.807, 2.05) is 31.2 Å². The molecule has 0 aliphatic rings. The number of aliphatic hydroxyl groups excluding tert-OH is 1. The molecule has 1 aromatic carbocycles. The van der Waals surface area contributed by atoms with Crippen molar-refractivity contribution in [3.05, 3.63) is 58.8 Å². The zero-order chi connectivity index (χ0) is 17.4. The Balaban J connectivity index is 1.95. The third-order valence-corrected chi connectivity index (χ3v) is 4.98. The Morgan fingerprint density at radius 3 is 2.76 bits per heavy atom. The van der Waals surface area contributed by atoms with Gasteiger partial charge in [0.1, 0.15) is 33.7 Å². The van der Waals surface area contributed by atoms with E-state index in [9.17, 15) is 4.79 Å². The van der Waals surface area contributed by atoms with Crippen molar-refractivity contribution in [1.29, 1.82) is 0 Å². The van der Waals surface area contributed by atoms with E-state index < -0.39 is 0 Å². The van der Waals surface area contributed by atoms with Crippen molar-refractivity contribution in [2.24, 2.45) is 0 Å². The molecule has 0 saturated carbocycles. The Labute approximate surface area is 147 Å². The second kappa shape index (κ2) is 6.27. The predicted molar refractivity (Wildman–Crippen MR) is 97.8 cm³/mol. The molecule has 0 saturated heterocycles. The normalized spacial score (nSPS) is 11.3. The van der Waals surface area contributed by atoms with Crippen LogP contribution in [0.4, 0.5) is 0 Å². The SMILES string of the molecule is Cc1ccc(-n2cnc3c(sc4nccc(OCCO)c43)c2=O)cc1. The second-order valence-electron chi connectivity index (χ2n) is 5.60. The number of ether oxygens (including phenoxy) is 1. The van der Waals surface area contributed by atoms with Crippen molar-refractivity contribution in [1.82, 2.24) is 14.5 Å². The number of pyridine rings is 1. The van der Waals surface area contributed by atoms with Crippen molar-refractivity contribution < 1.29 is 9.84 Å². The van der Waals surface area contributed by atoms with Crippen LogP contribution < -0.4 is 10.3 Å². The fraction of sp³-hybridized carbons (Fsp3) is 0.167. The lowest BCUT2D eigenvalue weighted by atomic mass is 10.2. The van der Waals surface area contributed by atoms with Gasteiger partial charge < -0.3 is 9.84 Å². The summed E-state index contributed by atoms with van der Waals surface area (Å²) in [4.78, 5) is 22.4. The molecule has 0 radical (unpaired) electrons. The number of aromatic nitrogens is 3. The van der Waals surface area contributed by atoms with Crippen molar-refractivity contribution in [3.8, 4) is 11.4 Å². The molecule has 3 aromatic heterocycles. The third-order valence-electron chi connectivity index (χ3n) is 3.90. The number of nitrogens with zero attached hydrogens (tertiary/aromatic N) is 3. The summed E-state index contributed by atoms with van der Waals surface area (Å²) in [5, 5.41) is 9.69. The summed E-state index contributed by atoms with van der Waals surface area (Å²) < 4.78 is 7.64. The summed E-state index contributed by atoms with van der Waals surface area (Å²) >= 11 is 1.30. The van der Waals surface area contributed by atoms with E-state index in [-0.39, 0.29) is 18.8 Å². The van der Waals surface area contributed by atoms with Gasteiger partial charge in [-0.1, -0.05) is 17.7 Å². The number of benzene rings is 1. The molecule has 0 fully saturated rings. The summed E-state index contributed by atoms with van der Waals surface area (Å²) in [7, 11) is 0. The van der Waals surface area contributed by atoms with Crippen LogP contribution in [0, 0.1) is 6.92 Å². The number of thiophene rings is 1. The smallest absolute Gasteiger partial charge is 0.275 e. The van der Waals surface area contributed by atoms with E-state index in [1.54, 1.807) is 12.3 Å². The Bertz CT molecular complexity index is 1120. The number of aryl methyl sites for hydroxylation is 1. The fourth-order valence-electron chi connectivity index (χ4n) is 2.69. The van der Waals surface area contributed by atoms with Gasteiger partial charge in [-0.2, -0.15) is 0 Å². The monoisotopic (exact) mass is 353 g/mol. The minimum Gasteiger partial charge on any atom is -0.490 e. The first-order chi connectivity index (χ1) is 12.2. The van der Waals surface area contributed by atoms with Gasteiger partial charge in [0.15, 0.2) is 0 Å². The minimum atomic E-state index is -0.134. The van der Waals surface area contributed by atoms with Gasteiger partial charge in [0.05, 0.1) is 17.7 Å². The van der Waals surface area contributed by atoms with Gasteiger partial charge in [-0.15, -0.1) is 11.3 Å². The molecule has 0 spiro atoms. The quantitative estimate of drug-likeness (QED) is 0.610. The van der Waals surface area contributed by atoms with Gasteiger partial charge in [0.25, 0.3) is 5.56 Å². The van der Waals surface area contributed by atoms with Crippen LogP contribution in [0.3, 0.4) is 0 Å². The number of hydrogen-bond acceptors (Lipinski definition) is 6. The molecule has 126 valence electrons. The number of hydrogen-bond donors (Lipinski definition) is 1. The van der Waals surface area contributed by atoms with E-state index in [0.29, 0.717) is 26.2 Å². The van der Waals surface area contributed by atoms with Crippen molar-refractivity contribution in [2.45, 2.75) is 6.92 Å². The molecule has 3 heterocycles. The molecule has 0 aliphatic carbocycles. The maximum atomic E-state index is 12.9. The van der Waals surface area contributed by atoms with Gasteiger partial charge in [-0.25, -0.2) is 9.97 Å². The number of fused-ring (bicyclic) bond motifs is 3. The fourth-order valence-corrected chi connectivity index (χ4v) is 3.73. The first-order valence-electron chi connectivity index (χ1n) is 7.78. The van der Waals surface area contributed by atoms with Crippen LogP contribution in [0.15, 0.2) is 47.7 Å². The second-order valence-corrected chi connectivity index (χ2v) is 6.60. The molecule has 1 N–H and O–H groups in total. The van der Waals surface area contributed by atoms with Crippen LogP contribution in [-0.2, 0) is 0 Å². The van der Waals surface area contributed by atoms with Crippen LogP contribution in [0.25, 0.3) is 26.1 Å².